The van der Waals surface area contributed by atoms with Crippen molar-refractivity contribution in [1.29, 1.82) is 0 Å². The van der Waals surface area contributed by atoms with E-state index in [-0.39, 0.29) is 24.3 Å². The van der Waals surface area contributed by atoms with Crippen LogP contribution in [0.25, 0.3) is 0 Å². The molecular weight excluding hydrogens is 274 g/mol. The molecule has 4 nitrogen and oxygen atoms in total. The third-order valence-corrected chi connectivity index (χ3v) is 2.53. The zero-order valence-corrected chi connectivity index (χ0v) is 11.0. The van der Waals surface area contributed by atoms with Crippen LogP contribution in [0.4, 0.5) is 0 Å². The second-order valence-electron chi connectivity index (χ2n) is 4.09. The number of hydrogen-bond acceptors (Lipinski definition) is 3. The van der Waals surface area contributed by atoms with E-state index in [9.17, 15) is 4.79 Å². The molecule has 0 fully saturated rings. The molecule has 5 heteroatoms. The van der Waals surface area contributed by atoms with Gasteiger partial charge in [-0.15, -0.1) is 0 Å². The Labute approximate surface area is 103 Å². The third kappa shape index (κ3) is 3.98. The molecule has 1 amide bonds. The summed E-state index contributed by atoms with van der Waals surface area (Å²) >= 11 is 3.13. The lowest BCUT2D eigenvalue weighted by Gasteiger charge is -2.17. The van der Waals surface area contributed by atoms with E-state index in [4.69, 9.17) is 9.52 Å². The summed E-state index contributed by atoms with van der Waals surface area (Å²) in [5.41, 5.74) is 0. The van der Waals surface area contributed by atoms with Crippen LogP contribution >= 0.6 is 15.9 Å². The Morgan fingerprint density at radius 1 is 1.56 bits per heavy atom. The van der Waals surface area contributed by atoms with Crippen LogP contribution < -0.4 is 5.32 Å². The molecule has 1 unspecified atom stereocenters. The van der Waals surface area contributed by atoms with Crippen LogP contribution in [-0.4, -0.2) is 23.7 Å². The van der Waals surface area contributed by atoms with Gasteiger partial charge in [-0.25, -0.2) is 0 Å². The number of aliphatic hydroxyl groups excluding tert-OH is 1. The predicted molar refractivity (Wildman–Crippen MR) is 64.2 cm³/mol. The van der Waals surface area contributed by atoms with Crippen molar-refractivity contribution in [3.8, 4) is 0 Å². The van der Waals surface area contributed by atoms with Crippen molar-refractivity contribution in [3.63, 3.8) is 0 Å². The standard InChI is InChI=1S/C11H16BrNO3/c1-7(2)5-8(6-14)13-11(15)9-3-4-10(12)16-9/h3-4,7-8,14H,5-6H2,1-2H3,(H,13,15). The zero-order chi connectivity index (χ0) is 12.1. The number of aliphatic hydroxyl groups is 1. The minimum absolute atomic E-state index is 0.0637. The van der Waals surface area contributed by atoms with E-state index in [1.165, 1.54) is 0 Å². The summed E-state index contributed by atoms with van der Waals surface area (Å²) in [4.78, 5) is 11.7. The van der Waals surface area contributed by atoms with Crippen molar-refractivity contribution in [2.75, 3.05) is 6.61 Å². The van der Waals surface area contributed by atoms with Crippen LogP contribution in [0.1, 0.15) is 30.8 Å². The van der Waals surface area contributed by atoms with Crippen LogP contribution in [0.2, 0.25) is 0 Å². The quantitative estimate of drug-likeness (QED) is 0.873. The van der Waals surface area contributed by atoms with Crippen LogP contribution in [0.3, 0.4) is 0 Å². The number of hydrogen-bond donors (Lipinski definition) is 2. The molecule has 16 heavy (non-hydrogen) atoms. The summed E-state index contributed by atoms with van der Waals surface area (Å²) in [7, 11) is 0. The van der Waals surface area contributed by atoms with Crippen molar-refractivity contribution >= 4 is 21.8 Å². The highest BCUT2D eigenvalue weighted by molar-refractivity contribution is 9.10. The SMILES string of the molecule is CC(C)CC(CO)NC(=O)c1ccc(Br)o1. The van der Waals surface area contributed by atoms with Gasteiger partial charge in [0.15, 0.2) is 10.4 Å². The molecule has 0 bridgehead atoms. The molecule has 1 heterocycles. The Hall–Kier alpha value is -0.810. The molecule has 2 N–H and O–H groups in total. The van der Waals surface area contributed by atoms with Gasteiger partial charge < -0.3 is 14.8 Å². The fourth-order valence-electron chi connectivity index (χ4n) is 1.44. The number of rotatable bonds is 5. The van der Waals surface area contributed by atoms with Crippen LogP contribution in [-0.2, 0) is 0 Å². The molecule has 0 radical (unpaired) electrons. The molecule has 0 saturated carbocycles. The fourth-order valence-corrected chi connectivity index (χ4v) is 1.75. The molecule has 0 aromatic carbocycles. The van der Waals surface area contributed by atoms with Gasteiger partial charge in [0.05, 0.1) is 12.6 Å². The lowest BCUT2D eigenvalue weighted by atomic mass is 10.0. The Kier molecular flexibility index (Phi) is 5.02. The number of halogens is 1. The first-order valence-electron chi connectivity index (χ1n) is 5.20. The molecule has 1 aromatic heterocycles. The first kappa shape index (κ1) is 13.3. The highest BCUT2D eigenvalue weighted by atomic mass is 79.9. The highest BCUT2D eigenvalue weighted by Crippen LogP contribution is 2.14. The largest absolute Gasteiger partial charge is 0.444 e. The molecular formula is C11H16BrNO3. The van der Waals surface area contributed by atoms with E-state index < -0.39 is 0 Å². The first-order chi connectivity index (χ1) is 7.52. The van der Waals surface area contributed by atoms with E-state index in [1.807, 2.05) is 13.8 Å². The van der Waals surface area contributed by atoms with Gasteiger partial charge in [0, 0.05) is 0 Å². The van der Waals surface area contributed by atoms with E-state index in [1.54, 1.807) is 12.1 Å². The summed E-state index contributed by atoms with van der Waals surface area (Å²) in [6.07, 6.45) is 0.740. The molecule has 1 atom stereocenters. The molecule has 0 aliphatic heterocycles. The number of carbonyl (C=O) groups excluding carboxylic acids is 1. The number of carbonyl (C=O) groups is 1. The molecule has 90 valence electrons. The molecule has 1 rings (SSSR count). The normalized spacial score (nSPS) is 12.8. The van der Waals surface area contributed by atoms with Crippen molar-refractivity contribution < 1.29 is 14.3 Å². The monoisotopic (exact) mass is 289 g/mol. The Morgan fingerprint density at radius 3 is 2.69 bits per heavy atom. The van der Waals surface area contributed by atoms with Crippen molar-refractivity contribution in [2.45, 2.75) is 26.3 Å². The van der Waals surface area contributed by atoms with Gasteiger partial charge in [0.25, 0.3) is 5.91 Å². The van der Waals surface area contributed by atoms with Crippen molar-refractivity contribution in [2.24, 2.45) is 5.92 Å². The van der Waals surface area contributed by atoms with E-state index in [2.05, 4.69) is 21.2 Å². The van der Waals surface area contributed by atoms with Crippen molar-refractivity contribution in [3.05, 3.63) is 22.6 Å². The molecule has 0 saturated heterocycles. The molecule has 0 aliphatic rings. The van der Waals surface area contributed by atoms with Crippen LogP contribution in [0, 0.1) is 5.92 Å². The summed E-state index contributed by atoms with van der Waals surface area (Å²) in [6.45, 7) is 4.02. The minimum Gasteiger partial charge on any atom is -0.444 e. The van der Waals surface area contributed by atoms with Crippen LogP contribution in [0.5, 0.6) is 0 Å². The van der Waals surface area contributed by atoms with Gasteiger partial charge in [0.2, 0.25) is 0 Å². The average Bonchev–Trinajstić information content (AvgIpc) is 2.63. The summed E-state index contributed by atoms with van der Waals surface area (Å²) in [5.74, 6) is 0.361. The number of furan rings is 1. The minimum atomic E-state index is -0.301. The highest BCUT2D eigenvalue weighted by Gasteiger charge is 2.16. The van der Waals surface area contributed by atoms with Gasteiger partial charge in [-0.3, -0.25) is 4.79 Å². The average molecular weight is 290 g/mol. The molecule has 0 aliphatic carbocycles. The van der Waals surface area contributed by atoms with E-state index in [0.29, 0.717) is 10.6 Å². The van der Waals surface area contributed by atoms with Crippen molar-refractivity contribution in [1.82, 2.24) is 5.32 Å². The topological polar surface area (TPSA) is 62.5 Å². The fraction of sp³-hybridized carbons (Fsp3) is 0.545. The van der Waals surface area contributed by atoms with Gasteiger partial charge in [-0.1, -0.05) is 13.8 Å². The van der Waals surface area contributed by atoms with Gasteiger partial charge in [0.1, 0.15) is 0 Å². The lowest BCUT2D eigenvalue weighted by molar-refractivity contribution is 0.0879. The predicted octanol–water partition coefficient (Wildman–Crippen LogP) is 2.18. The first-order valence-corrected chi connectivity index (χ1v) is 5.99. The van der Waals surface area contributed by atoms with Gasteiger partial charge in [-0.2, -0.15) is 0 Å². The molecule has 0 spiro atoms. The summed E-state index contributed by atoms with van der Waals surface area (Å²) in [5, 5.41) is 11.8. The maximum atomic E-state index is 11.7. The summed E-state index contributed by atoms with van der Waals surface area (Å²) in [6, 6.07) is 3.02. The zero-order valence-electron chi connectivity index (χ0n) is 9.37. The number of amides is 1. The Bertz CT molecular complexity index is 349. The lowest BCUT2D eigenvalue weighted by Crippen LogP contribution is -2.38. The second kappa shape index (κ2) is 6.06. The van der Waals surface area contributed by atoms with Crippen LogP contribution in [0.15, 0.2) is 21.2 Å². The second-order valence-corrected chi connectivity index (χ2v) is 4.87. The number of nitrogens with one attached hydrogen (secondary N) is 1. The van der Waals surface area contributed by atoms with E-state index >= 15 is 0 Å². The Morgan fingerprint density at radius 2 is 2.25 bits per heavy atom. The third-order valence-electron chi connectivity index (χ3n) is 2.11. The maximum Gasteiger partial charge on any atom is 0.287 e. The Balaban J connectivity index is 2.55. The maximum absolute atomic E-state index is 11.7. The smallest absolute Gasteiger partial charge is 0.287 e. The van der Waals surface area contributed by atoms with Gasteiger partial charge in [-0.05, 0) is 40.4 Å². The molecule has 1 aromatic rings. The van der Waals surface area contributed by atoms with E-state index in [0.717, 1.165) is 6.42 Å². The van der Waals surface area contributed by atoms with Gasteiger partial charge >= 0.3 is 0 Å². The summed E-state index contributed by atoms with van der Waals surface area (Å²) < 4.78 is 5.63.